The number of halogens is 1. The van der Waals surface area contributed by atoms with Crippen molar-refractivity contribution < 1.29 is 22.4 Å². The summed E-state index contributed by atoms with van der Waals surface area (Å²) in [6.07, 6.45) is 1.39. The predicted molar refractivity (Wildman–Crippen MR) is 67.6 cm³/mol. The number of aliphatic hydroxyl groups is 1. The first kappa shape index (κ1) is 14.6. The molecule has 0 fully saturated rings. The second kappa shape index (κ2) is 5.70. The first-order valence-corrected chi connectivity index (χ1v) is 7.21. The molecule has 2 aromatic rings. The monoisotopic (exact) mass is 300 g/mol. The van der Waals surface area contributed by atoms with Crippen LogP contribution < -0.4 is 4.72 Å². The van der Waals surface area contributed by atoms with E-state index >= 15 is 0 Å². The SMILES string of the molecule is Cc1c(F)cc(CO)cc1S(=O)(=O)NCc1ccno1. The van der Waals surface area contributed by atoms with Gasteiger partial charge < -0.3 is 9.63 Å². The molecule has 0 atom stereocenters. The maximum absolute atomic E-state index is 13.6. The third-order valence-corrected chi connectivity index (χ3v) is 4.28. The number of sulfonamides is 1. The smallest absolute Gasteiger partial charge is 0.241 e. The molecule has 0 saturated heterocycles. The lowest BCUT2D eigenvalue weighted by molar-refractivity contribution is 0.281. The molecule has 0 saturated carbocycles. The van der Waals surface area contributed by atoms with Crippen LogP contribution in [-0.2, 0) is 23.2 Å². The van der Waals surface area contributed by atoms with Gasteiger partial charge in [-0.2, -0.15) is 0 Å². The molecule has 0 aliphatic rings. The fourth-order valence-electron chi connectivity index (χ4n) is 1.65. The number of hydrogen-bond acceptors (Lipinski definition) is 5. The summed E-state index contributed by atoms with van der Waals surface area (Å²) < 4.78 is 45.0. The van der Waals surface area contributed by atoms with E-state index in [-0.39, 0.29) is 22.6 Å². The maximum atomic E-state index is 13.6. The molecule has 0 aliphatic carbocycles. The fourth-order valence-corrected chi connectivity index (χ4v) is 2.95. The van der Waals surface area contributed by atoms with Crippen LogP contribution >= 0.6 is 0 Å². The van der Waals surface area contributed by atoms with Crippen molar-refractivity contribution in [2.75, 3.05) is 0 Å². The molecule has 0 unspecified atom stereocenters. The van der Waals surface area contributed by atoms with Gasteiger partial charge in [-0.1, -0.05) is 5.16 Å². The first-order chi connectivity index (χ1) is 9.44. The molecule has 0 bridgehead atoms. The largest absolute Gasteiger partial charge is 0.392 e. The average Bonchev–Trinajstić information content (AvgIpc) is 2.92. The van der Waals surface area contributed by atoms with Gasteiger partial charge in [0, 0.05) is 11.6 Å². The maximum Gasteiger partial charge on any atom is 0.241 e. The molecule has 0 aliphatic heterocycles. The Kier molecular flexibility index (Phi) is 4.17. The van der Waals surface area contributed by atoms with Crippen molar-refractivity contribution in [3.8, 4) is 0 Å². The van der Waals surface area contributed by atoms with Gasteiger partial charge in [-0.3, -0.25) is 0 Å². The number of benzene rings is 1. The summed E-state index contributed by atoms with van der Waals surface area (Å²) in [5, 5.41) is 12.5. The Morgan fingerprint density at radius 3 is 2.80 bits per heavy atom. The summed E-state index contributed by atoms with van der Waals surface area (Å²) in [6.45, 7) is 0.827. The molecule has 20 heavy (non-hydrogen) atoms. The molecule has 108 valence electrons. The molecule has 0 spiro atoms. The van der Waals surface area contributed by atoms with Gasteiger partial charge in [0.15, 0.2) is 5.76 Å². The van der Waals surface area contributed by atoms with E-state index in [1.165, 1.54) is 25.3 Å². The van der Waals surface area contributed by atoms with E-state index in [0.717, 1.165) is 6.07 Å². The number of aromatic nitrogens is 1. The van der Waals surface area contributed by atoms with E-state index in [9.17, 15) is 12.8 Å². The minimum absolute atomic E-state index is 0.00716. The second-order valence-corrected chi connectivity index (χ2v) is 5.90. The number of nitrogens with one attached hydrogen (secondary N) is 1. The highest BCUT2D eigenvalue weighted by molar-refractivity contribution is 7.89. The molecule has 1 heterocycles. The summed E-state index contributed by atoms with van der Waals surface area (Å²) in [6, 6.07) is 3.85. The zero-order valence-electron chi connectivity index (χ0n) is 10.6. The van der Waals surface area contributed by atoms with Crippen LogP contribution in [0.15, 0.2) is 33.8 Å². The van der Waals surface area contributed by atoms with Crippen LogP contribution in [-0.4, -0.2) is 18.7 Å². The summed E-state index contributed by atoms with van der Waals surface area (Å²) in [4.78, 5) is -0.207. The van der Waals surface area contributed by atoms with Gasteiger partial charge in [0.05, 0.1) is 24.2 Å². The standard InChI is InChI=1S/C12H13FN2O4S/c1-8-11(13)4-9(7-16)5-12(8)20(17,18)15-6-10-2-3-14-19-10/h2-5,15-16H,6-7H2,1H3. The quantitative estimate of drug-likeness (QED) is 0.862. The van der Waals surface area contributed by atoms with E-state index in [1.54, 1.807) is 0 Å². The number of hydrogen-bond donors (Lipinski definition) is 2. The van der Waals surface area contributed by atoms with Crippen LogP contribution in [0, 0.1) is 12.7 Å². The lowest BCUT2D eigenvalue weighted by atomic mass is 10.1. The molecule has 2 N–H and O–H groups in total. The Hall–Kier alpha value is -1.77. The first-order valence-electron chi connectivity index (χ1n) is 5.73. The molecule has 8 heteroatoms. The Morgan fingerprint density at radius 1 is 1.45 bits per heavy atom. The van der Waals surface area contributed by atoms with Crippen molar-refractivity contribution in [3.63, 3.8) is 0 Å². The Labute approximate surface area is 115 Å². The lowest BCUT2D eigenvalue weighted by Gasteiger charge is -2.10. The van der Waals surface area contributed by atoms with Crippen LogP contribution in [0.3, 0.4) is 0 Å². The van der Waals surface area contributed by atoms with Gasteiger partial charge in [-0.15, -0.1) is 0 Å². The van der Waals surface area contributed by atoms with Crippen LogP contribution in [0.1, 0.15) is 16.9 Å². The highest BCUT2D eigenvalue weighted by atomic mass is 32.2. The summed E-state index contributed by atoms with van der Waals surface area (Å²) in [5.74, 6) is -0.346. The molecule has 0 amide bonds. The van der Waals surface area contributed by atoms with Crippen molar-refractivity contribution in [1.29, 1.82) is 0 Å². The Balaban J connectivity index is 2.31. The molecule has 0 radical (unpaired) electrons. The average molecular weight is 300 g/mol. The van der Waals surface area contributed by atoms with Crippen LogP contribution in [0.5, 0.6) is 0 Å². The van der Waals surface area contributed by atoms with Crippen molar-refractivity contribution >= 4 is 10.0 Å². The van der Waals surface area contributed by atoms with Crippen LogP contribution in [0.4, 0.5) is 4.39 Å². The van der Waals surface area contributed by atoms with Crippen molar-refractivity contribution in [3.05, 3.63) is 47.1 Å². The normalized spacial score (nSPS) is 11.8. The van der Waals surface area contributed by atoms with Crippen molar-refractivity contribution in [1.82, 2.24) is 9.88 Å². The van der Waals surface area contributed by atoms with Gasteiger partial charge in [-0.05, 0) is 24.6 Å². The van der Waals surface area contributed by atoms with Gasteiger partial charge in [0.25, 0.3) is 0 Å². The fraction of sp³-hybridized carbons (Fsp3) is 0.250. The molecular weight excluding hydrogens is 287 g/mol. The second-order valence-electron chi connectivity index (χ2n) is 4.16. The third-order valence-electron chi connectivity index (χ3n) is 2.76. The molecular formula is C12H13FN2O4S. The molecule has 1 aromatic heterocycles. The summed E-state index contributed by atoms with van der Waals surface area (Å²) in [5.41, 5.74) is 0.181. The van der Waals surface area contributed by atoms with Crippen molar-refractivity contribution in [2.45, 2.75) is 25.0 Å². The van der Waals surface area contributed by atoms with Crippen molar-refractivity contribution in [2.24, 2.45) is 0 Å². The topological polar surface area (TPSA) is 92.4 Å². The number of aliphatic hydroxyl groups excluding tert-OH is 1. The third kappa shape index (κ3) is 3.03. The van der Waals surface area contributed by atoms with Gasteiger partial charge in [-0.25, -0.2) is 17.5 Å². The summed E-state index contributed by atoms with van der Waals surface area (Å²) >= 11 is 0. The van der Waals surface area contributed by atoms with Gasteiger partial charge in [0.1, 0.15) is 5.82 Å². The number of rotatable bonds is 5. The zero-order valence-corrected chi connectivity index (χ0v) is 11.4. The van der Waals surface area contributed by atoms with E-state index in [2.05, 4.69) is 9.88 Å². The van der Waals surface area contributed by atoms with Gasteiger partial charge in [0.2, 0.25) is 10.0 Å². The van der Waals surface area contributed by atoms with Gasteiger partial charge >= 0.3 is 0 Å². The minimum atomic E-state index is -3.91. The highest BCUT2D eigenvalue weighted by Gasteiger charge is 2.20. The summed E-state index contributed by atoms with van der Waals surface area (Å²) in [7, 11) is -3.91. The molecule has 1 aromatic carbocycles. The minimum Gasteiger partial charge on any atom is -0.392 e. The number of nitrogens with zero attached hydrogens (tertiary/aromatic N) is 1. The molecule has 2 rings (SSSR count). The van der Waals surface area contributed by atoms with Crippen LogP contribution in [0.25, 0.3) is 0 Å². The Morgan fingerprint density at radius 2 is 2.20 bits per heavy atom. The van der Waals surface area contributed by atoms with E-state index < -0.39 is 22.4 Å². The van der Waals surface area contributed by atoms with E-state index in [0.29, 0.717) is 5.76 Å². The van der Waals surface area contributed by atoms with Crippen LogP contribution in [0.2, 0.25) is 0 Å². The van der Waals surface area contributed by atoms with E-state index in [4.69, 9.17) is 9.63 Å². The Bertz CT molecular complexity index is 698. The lowest BCUT2D eigenvalue weighted by Crippen LogP contribution is -2.24. The predicted octanol–water partition coefficient (Wildman–Crippen LogP) is 1.09. The zero-order chi connectivity index (χ0) is 14.8. The molecule has 6 nitrogen and oxygen atoms in total. The highest BCUT2D eigenvalue weighted by Crippen LogP contribution is 2.21. The van der Waals surface area contributed by atoms with E-state index in [1.807, 2.05) is 0 Å².